The molecule has 7 heteroatoms. The Morgan fingerprint density at radius 1 is 1.42 bits per heavy atom. The Morgan fingerprint density at radius 2 is 2.11 bits per heavy atom. The number of benzene rings is 1. The van der Waals surface area contributed by atoms with E-state index in [1.165, 1.54) is 26.2 Å². The van der Waals surface area contributed by atoms with Gasteiger partial charge in [-0.05, 0) is 18.2 Å². The maximum absolute atomic E-state index is 13.5. The zero-order valence-corrected chi connectivity index (χ0v) is 10.7. The molecule has 2 amide bonds. The lowest BCUT2D eigenvalue weighted by Crippen LogP contribution is -2.39. The van der Waals surface area contributed by atoms with Gasteiger partial charge in [0.05, 0.1) is 12.3 Å². The van der Waals surface area contributed by atoms with Crippen molar-refractivity contribution in [2.24, 2.45) is 5.73 Å². The standard InChI is InChI=1S/C12H16FN3O3/c1-7(17)15-8-3-4-9(13)11(5-8)16-12(18)10(14)6-19-2/h3-5,10H,6,14H2,1-2H3,(H,15,17)(H,16,18). The minimum Gasteiger partial charge on any atom is -0.383 e. The van der Waals surface area contributed by atoms with Crippen LogP contribution < -0.4 is 16.4 Å². The average molecular weight is 269 g/mol. The van der Waals surface area contributed by atoms with Crippen LogP contribution in [0.15, 0.2) is 18.2 Å². The molecule has 1 unspecified atom stereocenters. The van der Waals surface area contributed by atoms with Crippen molar-refractivity contribution < 1.29 is 18.7 Å². The van der Waals surface area contributed by atoms with Crippen molar-refractivity contribution in [3.63, 3.8) is 0 Å². The van der Waals surface area contributed by atoms with E-state index in [2.05, 4.69) is 10.6 Å². The van der Waals surface area contributed by atoms with Crippen molar-refractivity contribution in [2.45, 2.75) is 13.0 Å². The van der Waals surface area contributed by atoms with Gasteiger partial charge in [-0.15, -0.1) is 0 Å². The highest BCUT2D eigenvalue weighted by atomic mass is 19.1. The summed E-state index contributed by atoms with van der Waals surface area (Å²) in [6.07, 6.45) is 0. The molecule has 0 radical (unpaired) electrons. The fourth-order valence-electron chi connectivity index (χ4n) is 1.38. The molecule has 0 spiro atoms. The molecule has 1 aromatic rings. The zero-order valence-electron chi connectivity index (χ0n) is 10.7. The molecule has 1 aromatic carbocycles. The lowest BCUT2D eigenvalue weighted by Gasteiger charge is -2.13. The van der Waals surface area contributed by atoms with Gasteiger partial charge < -0.3 is 21.1 Å². The van der Waals surface area contributed by atoms with Crippen LogP contribution in [0.4, 0.5) is 15.8 Å². The second-order valence-corrected chi connectivity index (χ2v) is 3.93. The van der Waals surface area contributed by atoms with E-state index in [4.69, 9.17) is 10.5 Å². The second kappa shape index (κ2) is 6.81. The zero-order chi connectivity index (χ0) is 14.4. The number of carbonyl (C=O) groups excluding carboxylic acids is 2. The predicted molar refractivity (Wildman–Crippen MR) is 69.2 cm³/mol. The maximum Gasteiger partial charge on any atom is 0.243 e. The van der Waals surface area contributed by atoms with Gasteiger partial charge in [0, 0.05) is 19.7 Å². The number of ether oxygens (including phenoxy) is 1. The van der Waals surface area contributed by atoms with Gasteiger partial charge in [-0.25, -0.2) is 4.39 Å². The molecule has 0 aromatic heterocycles. The lowest BCUT2D eigenvalue weighted by molar-refractivity contribution is -0.118. The topological polar surface area (TPSA) is 93.4 Å². The first kappa shape index (κ1) is 15.1. The van der Waals surface area contributed by atoms with Gasteiger partial charge in [-0.1, -0.05) is 0 Å². The first-order valence-corrected chi connectivity index (χ1v) is 5.56. The summed E-state index contributed by atoms with van der Waals surface area (Å²) in [4.78, 5) is 22.5. The van der Waals surface area contributed by atoms with E-state index in [1.54, 1.807) is 0 Å². The fourth-order valence-corrected chi connectivity index (χ4v) is 1.38. The summed E-state index contributed by atoms with van der Waals surface area (Å²) >= 11 is 0. The van der Waals surface area contributed by atoms with Gasteiger partial charge in [0.15, 0.2) is 0 Å². The van der Waals surface area contributed by atoms with Crippen molar-refractivity contribution in [1.82, 2.24) is 0 Å². The number of anilines is 2. The number of rotatable bonds is 5. The highest BCUT2D eigenvalue weighted by molar-refractivity contribution is 5.96. The summed E-state index contributed by atoms with van der Waals surface area (Å²) in [6.45, 7) is 1.36. The molecule has 0 aliphatic heterocycles. The Kier molecular flexibility index (Phi) is 5.40. The van der Waals surface area contributed by atoms with Crippen LogP contribution in [-0.4, -0.2) is 31.6 Å². The van der Waals surface area contributed by atoms with Crippen LogP contribution in [-0.2, 0) is 14.3 Å². The molecule has 0 bridgehead atoms. The highest BCUT2D eigenvalue weighted by Crippen LogP contribution is 2.19. The molecule has 0 aliphatic carbocycles. The molecule has 1 rings (SSSR count). The summed E-state index contributed by atoms with van der Waals surface area (Å²) in [5, 5.41) is 4.83. The molecular formula is C12H16FN3O3. The molecule has 0 aliphatic rings. The van der Waals surface area contributed by atoms with Gasteiger partial charge >= 0.3 is 0 Å². The Labute approximate surface area is 110 Å². The van der Waals surface area contributed by atoms with Crippen LogP contribution in [0, 0.1) is 5.82 Å². The van der Waals surface area contributed by atoms with Crippen molar-refractivity contribution >= 4 is 23.2 Å². The predicted octanol–water partition coefficient (Wildman–Crippen LogP) is 0.696. The van der Waals surface area contributed by atoms with Gasteiger partial charge in [0.1, 0.15) is 11.9 Å². The Hall–Kier alpha value is -1.99. The van der Waals surface area contributed by atoms with Crippen LogP contribution >= 0.6 is 0 Å². The largest absolute Gasteiger partial charge is 0.383 e. The van der Waals surface area contributed by atoms with E-state index >= 15 is 0 Å². The van der Waals surface area contributed by atoms with Crippen LogP contribution in [0.25, 0.3) is 0 Å². The summed E-state index contributed by atoms with van der Waals surface area (Å²) in [7, 11) is 1.41. The minimum atomic E-state index is -0.895. The summed E-state index contributed by atoms with van der Waals surface area (Å²) in [6, 6.07) is 2.95. The van der Waals surface area contributed by atoms with E-state index in [-0.39, 0.29) is 18.2 Å². The van der Waals surface area contributed by atoms with Crippen LogP contribution in [0.1, 0.15) is 6.92 Å². The number of halogens is 1. The third kappa shape index (κ3) is 4.65. The fraction of sp³-hybridized carbons (Fsp3) is 0.333. The molecule has 0 heterocycles. The monoisotopic (exact) mass is 269 g/mol. The minimum absolute atomic E-state index is 0.0266. The molecule has 4 N–H and O–H groups in total. The van der Waals surface area contributed by atoms with E-state index in [0.717, 1.165) is 6.07 Å². The van der Waals surface area contributed by atoms with Crippen LogP contribution in [0.3, 0.4) is 0 Å². The van der Waals surface area contributed by atoms with Crippen molar-refractivity contribution in [1.29, 1.82) is 0 Å². The first-order valence-electron chi connectivity index (χ1n) is 5.56. The third-order valence-corrected chi connectivity index (χ3v) is 2.23. The number of carbonyl (C=O) groups is 2. The number of hydrogen-bond donors (Lipinski definition) is 3. The Balaban J connectivity index is 2.82. The average Bonchev–Trinajstić information content (AvgIpc) is 2.33. The van der Waals surface area contributed by atoms with Crippen LogP contribution in [0.2, 0.25) is 0 Å². The molecule has 0 saturated heterocycles. The van der Waals surface area contributed by atoms with E-state index in [9.17, 15) is 14.0 Å². The molecule has 104 valence electrons. The smallest absolute Gasteiger partial charge is 0.243 e. The van der Waals surface area contributed by atoms with Gasteiger partial charge in [0.25, 0.3) is 0 Å². The Morgan fingerprint density at radius 3 is 2.68 bits per heavy atom. The highest BCUT2D eigenvalue weighted by Gasteiger charge is 2.15. The lowest BCUT2D eigenvalue weighted by atomic mass is 10.2. The Bertz CT molecular complexity index is 479. The molecule has 1 atom stereocenters. The summed E-state index contributed by atoms with van der Waals surface area (Å²) in [5.41, 5.74) is 5.84. The number of nitrogens with two attached hydrogens (primary N) is 1. The number of amides is 2. The molecule has 19 heavy (non-hydrogen) atoms. The van der Waals surface area contributed by atoms with Crippen molar-refractivity contribution in [3.05, 3.63) is 24.0 Å². The quantitative estimate of drug-likeness (QED) is 0.733. The molecule has 6 nitrogen and oxygen atoms in total. The maximum atomic E-state index is 13.5. The molecular weight excluding hydrogens is 253 g/mol. The van der Waals surface area contributed by atoms with Gasteiger partial charge in [0.2, 0.25) is 11.8 Å². The molecule has 0 fully saturated rings. The van der Waals surface area contributed by atoms with Crippen molar-refractivity contribution in [2.75, 3.05) is 24.4 Å². The SMILES string of the molecule is COCC(N)C(=O)Nc1cc(NC(C)=O)ccc1F. The van der Waals surface area contributed by atoms with Gasteiger partial charge in [-0.3, -0.25) is 9.59 Å². The first-order chi connectivity index (χ1) is 8.93. The van der Waals surface area contributed by atoms with Crippen molar-refractivity contribution in [3.8, 4) is 0 Å². The van der Waals surface area contributed by atoms with E-state index in [0.29, 0.717) is 5.69 Å². The number of methoxy groups -OCH3 is 1. The molecule has 0 saturated carbocycles. The summed E-state index contributed by atoms with van der Waals surface area (Å²) in [5.74, 6) is -1.48. The normalized spacial score (nSPS) is 11.8. The van der Waals surface area contributed by atoms with E-state index in [1.807, 2.05) is 0 Å². The number of nitrogens with one attached hydrogen (secondary N) is 2. The van der Waals surface area contributed by atoms with Crippen LogP contribution in [0.5, 0.6) is 0 Å². The van der Waals surface area contributed by atoms with Gasteiger partial charge in [-0.2, -0.15) is 0 Å². The number of hydrogen-bond acceptors (Lipinski definition) is 4. The second-order valence-electron chi connectivity index (χ2n) is 3.93. The summed E-state index contributed by atoms with van der Waals surface area (Å²) < 4.78 is 18.2. The van der Waals surface area contributed by atoms with E-state index < -0.39 is 17.8 Å². The third-order valence-electron chi connectivity index (χ3n) is 2.23.